The molecule has 4 rings (SSSR count). The number of hydrogen-bond donors (Lipinski definition) is 0. The Labute approximate surface area is 205 Å². The molecule has 0 saturated heterocycles. The molecule has 0 fully saturated rings. The first-order valence-electron chi connectivity index (χ1n) is 9.83. The minimum atomic E-state index is 0. The Balaban J connectivity index is 0.000000443. The van der Waals surface area contributed by atoms with Gasteiger partial charge in [0.05, 0.1) is 0 Å². The number of benzene rings is 2. The van der Waals surface area contributed by atoms with E-state index in [0.29, 0.717) is 0 Å². The second-order valence-electron chi connectivity index (χ2n) is 7.23. The van der Waals surface area contributed by atoms with E-state index in [1.807, 2.05) is 6.07 Å². The van der Waals surface area contributed by atoms with Crippen molar-refractivity contribution in [3.63, 3.8) is 0 Å². The fourth-order valence-corrected chi connectivity index (χ4v) is 3.19. The molecule has 0 nitrogen and oxygen atoms in total. The molecule has 0 N–H and O–H groups in total. The average molecular weight is 521 g/mol. The molecular formula is C25H30Cl2SiZr-2. The summed E-state index contributed by atoms with van der Waals surface area (Å²) in [5.41, 5.74) is 8.70. The summed E-state index contributed by atoms with van der Waals surface area (Å²) in [5.74, 6) is 0. The quantitative estimate of drug-likeness (QED) is 0.278. The summed E-state index contributed by atoms with van der Waals surface area (Å²) < 4.78 is 0. The van der Waals surface area contributed by atoms with Crippen LogP contribution in [-0.2, 0) is 36.2 Å². The molecule has 154 valence electrons. The van der Waals surface area contributed by atoms with Gasteiger partial charge in [-0.25, -0.2) is 12.1 Å². The molecule has 0 heterocycles. The fourth-order valence-electron chi connectivity index (χ4n) is 3.19. The predicted octanol–water partition coefficient (Wildman–Crippen LogP) is 0.907. The number of rotatable bonds is 3. The van der Waals surface area contributed by atoms with Crippen LogP contribution in [0.5, 0.6) is 0 Å². The van der Waals surface area contributed by atoms with Gasteiger partial charge in [0.1, 0.15) is 0 Å². The Morgan fingerprint density at radius 3 is 2.28 bits per heavy atom. The zero-order valence-electron chi connectivity index (χ0n) is 17.9. The summed E-state index contributed by atoms with van der Waals surface area (Å²) in [4.78, 5) is 0. The van der Waals surface area contributed by atoms with Crippen LogP contribution in [0.4, 0.5) is 0 Å². The maximum absolute atomic E-state index is 3.30. The van der Waals surface area contributed by atoms with Gasteiger partial charge in [-0.1, -0.05) is 68.5 Å². The summed E-state index contributed by atoms with van der Waals surface area (Å²) in [6.45, 7) is 9.04. The topological polar surface area (TPSA) is 0 Å². The van der Waals surface area contributed by atoms with Gasteiger partial charge < -0.3 is 24.8 Å². The Kier molecular flexibility index (Phi) is 15.0. The molecule has 0 saturated carbocycles. The molecule has 1 aliphatic rings. The molecule has 3 aromatic carbocycles. The molecule has 0 atom stereocenters. The van der Waals surface area contributed by atoms with Gasteiger partial charge in [0.25, 0.3) is 0 Å². The molecule has 1 aliphatic carbocycles. The third-order valence-corrected chi connectivity index (χ3v) is 4.57. The van der Waals surface area contributed by atoms with Gasteiger partial charge in [-0.2, -0.15) is 47.0 Å². The third kappa shape index (κ3) is 9.43. The van der Waals surface area contributed by atoms with Crippen LogP contribution >= 0.6 is 0 Å². The molecule has 3 aromatic rings. The third-order valence-electron chi connectivity index (χ3n) is 4.57. The molecule has 0 unspecified atom stereocenters. The second-order valence-corrected chi connectivity index (χ2v) is 16.6. The molecule has 4 heteroatoms. The number of hydrogen-bond acceptors (Lipinski definition) is 0. The summed E-state index contributed by atoms with van der Waals surface area (Å²) in [7, 11) is 0. The van der Waals surface area contributed by atoms with Crippen LogP contribution < -0.4 is 24.8 Å². The standard InChI is InChI=1S/C13H9.C10H15.C2H6Si.2ClH.Zr/c1-3-7-12-10(5-1)9-11-6-2-4-8-13(11)12;1-3-4-7-10-8-5-6-9(10)2;1-3-2;;;/h1-5,7-8H,9H2;5-6,8H,3-4,7H2,1-2H3;1-2H3;2*1H;/q2*-1;;;;+2/p-2. The Morgan fingerprint density at radius 2 is 1.66 bits per heavy atom. The van der Waals surface area contributed by atoms with Crippen molar-refractivity contribution >= 4 is 5.43 Å². The zero-order valence-corrected chi connectivity index (χ0v) is 22.8. The minimum Gasteiger partial charge on any atom is -1.00 e. The Hall–Kier alpha value is -0.530. The van der Waals surface area contributed by atoms with Gasteiger partial charge in [0.15, 0.2) is 0 Å². The van der Waals surface area contributed by atoms with Crippen molar-refractivity contribution in [3.05, 3.63) is 89.0 Å². The average Bonchev–Trinajstić information content (AvgIpc) is 3.23. The van der Waals surface area contributed by atoms with E-state index in [1.54, 1.807) is 23.3 Å². The SMILES string of the molecule is CCCCc1ccc[c-]1C.C[Si](C)=[Zr+2].[Cl-].[Cl-].[c-]1cccc2c1Cc1ccccc1-2. The van der Waals surface area contributed by atoms with Gasteiger partial charge in [-0.15, -0.1) is 5.56 Å². The summed E-state index contributed by atoms with van der Waals surface area (Å²) in [6.07, 6.45) is 4.93. The van der Waals surface area contributed by atoms with E-state index in [0.717, 1.165) is 6.42 Å². The van der Waals surface area contributed by atoms with E-state index in [4.69, 9.17) is 0 Å². The van der Waals surface area contributed by atoms with Crippen molar-refractivity contribution in [2.45, 2.75) is 52.6 Å². The summed E-state index contributed by atoms with van der Waals surface area (Å²) in [6, 6.07) is 24.7. The maximum atomic E-state index is 3.30. The van der Waals surface area contributed by atoms with Crippen LogP contribution in [-0.4, -0.2) is 5.43 Å². The van der Waals surface area contributed by atoms with Crippen LogP contribution in [0.15, 0.2) is 60.7 Å². The molecule has 0 aromatic heterocycles. The van der Waals surface area contributed by atoms with E-state index in [1.165, 1.54) is 52.6 Å². The van der Waals surface area contributed by atoms with Crippen molar-refractivity contribution < 1.29 is 48.1 Å². The van der Waals surface area contributed by atoms with Gasteiger partial charge in [0, 0.05) is 0 Å². The normalized spacial score (nSPS) is 10.0. The van der Waals surface area contributed by atoms with E-state index in [9.17, 15) is 0 Å². The van der Waals surface area contributed by atoms with Gasteiger partial charge in [0.2, 0.25) is 0 Å². The van der Waals surface area contributed by atoms with Crippen molar-refractivity contribution in [2.75, 3.05) is 0 Å². The van der Waals surface area contributed by atoms with Crippen LogP contribution in [0.3, 0.4) is 0 Å². The predicted molar refractivity (Wildman–Crippen MR) is 116 cm³/mol. The molecule has 0 amide bonds. The first-order chi connectivity index (χ1) is 13.0. The van der Waals surface area contributed by atoms with Crippen LogP contribution in [0.25, 0.3) is 11.1 Å². The molecule has 0 aliphatic heterocycles. The first-order valence-corrected chi connectivity index (χ1v) is 16.0. The number of halogens is 2. The monoisotopic (exact) mass is 518 g/mol. The zero-order chi connectivity index (χ0) is 19.6. The summed E-state index contributed by atoms with van der Waals surface area (Å²) >= 11 is 1.74. The van der Waals surface area contributed by atoms with E-state index < -0.39 is 0 Å². The Bertz CT molecular complexity index is 823. The number of unbranched alkanes of at least 4 members (excludes halogenated alkanes) is 1. The maximum Gasteiger partial charge on any atom is -0.0253 e. The van der Waals surface area contributed by atoms with Crippen LogP contribution in [0.1, 0.15) is 42.0 Å². The largest absolute Gasteiger partial charge is 1.00 e. The number of aryl methyl sites for hydroxylation is 2. The van der Waals surface area contributed by atoms with E-state index in [-0.39, 0.29) is 30.2 Å². The van der Waals surface area contributed by atoms with Gasteiger partial charge in [-0.3, -0.25) is 0 Å². The Morgan fingerprint density at radius 1 is 1.00 bits per heavy atom. The minimum absolute atomic E-state index is 0. The molecule has 0 radical (unpaired) electrons. The molecule has 0 bridgehead atoms. The van der Waals surface area contributed by atoms with E-state index >= 15 is 0 Å². The first kappa shape index (κ1) is 28.5. The van der Waals surface area contributed by atoms with Crippen molar-refractivity contribution in [2.24, 2.45) is 0 Å². The van der Waals surface area contributed by atoms with Crippen molar-refractivity contribution in [3.8, 4) is 11.1 Å². The smallest absolute Gasteiger partial charge is 0.0253 e. The van der Waals surface area contributed by atoms with Crippen molar-refractivity contribution in [1.82, 2.24) is 0 Å². The second kappa shape index (κ2) is 15.3. The number of fused-ring (bicyclic) bond motifs is 3. The van der Waals surface area contributed by atoms with E-state index in [2.05, 4.69) is 87.6 Å². The van der Waals surface area contributed by atoms with Crippen LogP contribution in [0.2, 0.25) is 13.1 Å². The van der Waals surface area contributed by atoms with Gasteiger partial charge >= 0.3 is 41.9 Å². The fraction of sp³-hybridized carbons (Fsp3) is 0.320. The molecule has 0 spiro atoms. The van der Waals surface area contributed by atoms with Gasteiger partial charge in [-0.05, 0) is 6.42 Å². The van der Waals surface area contributed by atoms with Crippen LogP contribution in [0, 0.1) is 13.0 Å². The molecule has 29 heavy (non-hydrogen) atoms. The molecular weight excluding hydrogens is 490 g/mol. The van der Waals surface area contributed by atoms with Crippen molar-refractivity contribution in [1.29, 1.82) is 0 Å². The summed E-state index contributed by atoms with van der Waals surface area (Å²) in [5, 5.41) is 0.